The normalized spacial score (nSPS) is 25.5. The van der Waals surface area contributed by atoms with Gasteiger partial charge in [0.2, 0.25) is 11.8 Å². The second-order valence-corrected chi connectivity index (χ2v) is 7.16. The molecule has 2 atom stereocenters. The Kier molecular flexibility index (Phi) is 4.25. The van der Waals surface area contributed by atoms with Gasteiger partial charge in [-0.15, -0.1) is 0 Å². The van der Waals surface area contributed by atoms with Crippen molar-refractivity contribution in [2.24, 2.45) is 5.92 Å². The molecule has 4 amide bonds. The number of rotatable bonds is 3. The fraction of sp³-hybridized carbons (Fsp3) is 0.421. The van der Waals surface area contributed by atoms with Crippen LogP contribution in [0.5, 0.6) is 0 Å². The minimum atomic E-state index is -0.965. The maximum absolute atomic E-state index is 12.9. The molecule has 2 saturated heterocycles. The van der Waals surface area contributed by atoms with Gasteiger partial charge in [-0.2, -0.15) is 0 Å². The van der Waals surface area contributed by atoms with Crippen molar-refractivity contribution in [2.75, 3.05) is 18.0 Å². The highest BCUT2D eigenvalue weighted by atomic mass is 16.2. The molecule has 3 aliphatic rings. The SMILES string of the molecule is O=C[C@@H]1CCCN(c2ccc3c(c2)C(=O)N(C2CCC(=O)NC2=O)C3=O)C1. The lowest BCUT2D eigenvalue weighted by Gasteiger charge is -2.32. The zero-order valence-corrected chi connectivity index (χ0v) is 14.6. The molecule has 1 N–H and O–H groups in total. The third kappa shape index (κ3) is 2.90. The fourth-order valence-corrected chi connectivity index (χ4v) is 4.01. The van der Waals surface area contributed by atoms with Crippen LogP contribution >= 0.6 is 0 Å². The van der Waals surface area contributed by atoms with Gasteiger partial charge in [0.1, 0.15) is 12.3 Å². The molecule has 4 rings (SSSR count). The lowest BCUT2D eigenvalue weighted by atomic mass is 9.98. The van der Waals surface area contributed by atoms with Crippen LogP contribution in [0.25, 0.3) is 0 Å². The molecule has 0 bridgehead atoms. The Morgan fingerprint density at radius 3 is 2.56 bits per heavy atom. The second kappa shape index (κ2) is 6.61. The van der Waals surface area contributed by atoms with Crippen LogP contribution in [-0.2, 0) is 14.4 Å². The number of imide groups is 2. The summed E-state index contributed by atoms with van der Waals surface area (Å²) in [4.78, 5) is 63.1. The van der Waals surface area contributed by atoms with E-state index < -0.39 is 29.7 Å². The molecule has 0 radical (unpaired) electrons. The van der Waals surface area contributed by atoms with E-state index in [1.165, 1.54) is 0 Å². The summed E-state index contributed by atoms with van der Waals surface area (Å²) in [5, 5.41) is 2.18. The molecule has 8 nitrogen and oxygen atoms in total. The van der Waals surface area contributed by atoms with Crippen LogP contribution in [-0.4, -0.2) is 53.9 Å². The summed E-state index contributed by atoms with van der Waals surface area (Å²) >= 11 is 0. The summed E-state index contributed by atoms with van der Waals surface area (Å²) in [6, 6.07) is 4.06. The van der Waals surface area contributed by atoms with Crippen molar-refractivity contribution in [3.63, 3.8) is 0 Å². The van der Waals surface area contributed by atoms with Crippen molar-refractivity contribution < 1.29 is 24.0 Å². The van der Waals surface area contributed by atoms with Gasteiger partial charge in [0.05, 0.1) is 11.1 Å². The van der Waals surface area contributed by atoms with E-state index in [0.29, 0.717) is 6.54 Å². The van der Waals surface area contributed by atoms with Gasteiger partial charge >= 0.3 is 0 Å². The van der Waals surface area contributed by atoms with Crippen molar-refractivity contribution in [2.45, 2.75) is 31.7 Å². The zero-order valence-electron chi connectivity index (χ0n) is 14.6. The molecule has 0 saturated carbocycles. The third-order valence-corrected chi connectivity index (χ3v) is 5.44. The standard InChI is InChI=1S/C19H19N3O5/c23-10-11-2-1-7-21(9-11)12-3-4-13-14(8-12)19(27)22(18(13)26)15-5-6-16(24)20-17(15)25/h3-4,8,10-11,15H,1-2,5-7,9H2,(H,20,24,25)/t11-,15?/m1/s1. The van der Waals surface area contributed by atoms with E-state index in [4.69, 9.17) is 0 Å². The first kappa shape index (κ1) is 17.4. The van der Waals surface area contributed by atoms with Crippen molar-refractivity contribution in [1.29, 1.82) is 0 Å². The number of nitrogens with one attached hydrogen (secondary N) is 1. The monoisotopic (exact) mass is 369 g/mol. The highest BCUT2D eigenvalue weighted by Gasteiger charge is 2.44. The Morgan fingerprint density at radius 1 is 1.04 bits per heavy atom. The maximum Gasteiger partial charge on any atom is 0.262 e. The predicted octanol–water partition coefficient (Wildman–Crippen LogP) is 0.503. The fourth-order valence-electron chi connectivity index (χ4n) is 4.01. The van der Waals surface area contributed by atoms with Crippen LogP contribution in [0.4, 0.5) is 5.69 Å². The van der Waals surface area contributed by atoms with E-state index >= 15 is 0 Å². The highest BCUT2D eigenvalue weighted by molar-refractivity contribution is 6.23. The first-order valence-corrected chi connectivity index (χ1v) is 9.05. The van der Waals surface area contributed by atoms with Crippen LogP contribution < -0.4 is 10.2 Å². The van der Waals surface area contributed by atoms with Crippen LogP contribution in [0.2, 0.25) is 0 Å². The van der Waals surface area contributed by atoms with Crippen molar-refractivity contribution in [3.8, 4) is 0 Å². The Balaban J connectivity index is 1.61. The Labute approximate surface area is 155 Å². The molecule has 1 aromatic rings. The van der Waals surface area contributed by atoms with E-state index in [1.807, 2.05) is 4.90 Å². The predicted molar refractivity (Wildman–Crippen MR) is 94.1 cm³/mol. The number of hydrogen-bond donors (Lipinski definition) is 1. The lowest BCUT2D eigenvalue weighted by molar-refractivity contribution is -0.136. The molecule has 27 heavy (non-hydrogen) atoms. The molecule has 8 heteroatoms. The number of anilines is 1. The molecule has 0 spiro atoms. The average molecular weight is 369 g/mol. The minimum absolute atomic E-state index is 0.0377. The Morgan fingerprint density at radius 2 is 1.81 bits per heavy atom. The summed E-state index contributed by atoms with van der Waals surface area (Å²) < 4.78 is 0. The molecule has 3 aliphatic heterocycles. The minimum Gasteiger partial charge on any atom is -0.371 e. The molecule has 2 fully saturated rings. The molecule has 1 unspecified atom stereocenters. The van der Waals surface area contributed by atoms with Gasteiger partial charge < -0.3 is 9.69 Å². The number of fused-ring (bicyclic) bond motifs is 1. The number of benzene rings is 1. The Bertz CT molecular complexity index is 865. The number of carbonyl (C=O) groups is 5. The van der Waals surface area contributed by atoms with Crippen molar-refractivity contribution in [3.05, 3.63) is 29.3 Å². The number of aldehydes is 1. The van der Waals surface area contributed by atoms with Crippen LogP contribution in [0.1, 0.15) is 46.4 Å². The summed E-state index contributed by atoms with van der Waals surface area (Å²) in [6.07, 6.45) is 2.92. The van der Waals surface area contributed by atoms with Crippen LogP contribution in [0, 0.1) is 5.92 Å². The van der Waals surface area contributed by atoms with Gasteiger partial charge in [-0.25, -0.2) is 0 Å². The summed E-state index contributed by atoms with van der Waals surface area (Å²) in [6.45, 7) is 1.36. The third-order valence-electron chi connectivity index (χ3n) is 5.44. The lowest BCUT2D eigenvalue weighted by Crippen LogP contribution is -2.54. The van der Waals surface area contributed by atoms with Gasteiger partial charge in [-0.3, -0.25) is 29.4 Å². The van der Waals surface area contributed by atoms with Gasteiger partial charge in [0.25, 0.3) is 11.8 Å². The smallest absolute Gasteiger partial charge is 0.262 e. The van der Waals surface area contributed by atoms with E-state index in [2.05, 4.69) is 5.32 Å². The topological polar surface area (TPSA) is 104 Å². The molecular formula is C19H19N3O5. The molecule has 140 valence electrons. The van der Waals surface area contributed by atoms with E-state index in [1.54, 1.807) is 18.2 Å². The second-order valence-electron chi connectivity index (χ2n) is 7.16. The largest absolute Gasteiger partial charge is 0.371 e. The summed E-state index contributed by atoms with van der Waals surface area (Å²) in [5.41, 5.74) is 1.30. The first-order chi connectivity index (χ1) is 13.0. The van der Waals surface area contributed by atoms with E-state index in [-0.39, 0.29) is 29.9 Å². The number of nitrogens with zero attached hydrogens (tertiary/aromatic N) is 2. The van der Waals surface area contributed by atoms with Gasteiger partial charge in [-0.1, -0.05) is 0 Å². The van der Waals surface area contributed by atoms with Gasteiger partial charge in [0.15, 0.2) is 0 Å². The molecule has 3 heterocycles. The quantitative estimate of drug-likeness (QED) is 0.615. The number of piperidine rings is 2. The summed E-state index contributed by atoms with van der Waals surface area (Å²) in [5.74, 6) is -2.09. The zero-order chi connectivity index (χ0) is 19.1. The molecule has 0 aliphatic carbocycles. The first-order valence-electron chi connectivity index (χ1n) is 9.05. The van der Waals surface area contributed by atoms with E-state index in [9.17, 15) is 24.0 Å². The Hall–Kier alpha value is -3.03. The molecule has 0 aromatic heterocycles. The molecular weight excluding hydrogens is 350 g/mol. The van der Waals surface area contributed by atoms with E-state index in [0.717, 1.165) is 36.3 Å². The number of amides is 4. The maximum atomic E-state index is 12.9. The van der Waals surface area contributed by atoms with Crippen molar-refractivity contribution in [1.82, 2.24) is 10.2 Å². The van der Waals surface area contributed by atoms with Gasteiger partial charge in [-0.05, 0) is 37.5 Å². The average Bonchev–Trinajstić information content (AvgIpc) is 2.92. The summed E-state index contributed by atoms with van der Waals surface area (Å²) in [7, 11) is 0. The van der Waals surface area contributed by atoms with Crippen LogP contribution in [0.3, 0.4) is 0 Å². The highest BCUT2D eigenvalue weighted by Crippen LogP contribution is 2.31. The van der Waals surface area contributed by atoms with Gasteiger partial charge in [0, 0.05) is 31.1 Å². The number of carbonyl (C=O) groups excluding carboxylic acids is 5. The van der Waals surface area contributed by atoms with Crippen molar-refractivity contribution >= 4 is 35.6 Å². The molecule has 1 aromatic carbocycles. The number of hydrogen-bond acceptors (Lipinski definition) is 6. The van der Waals surface area contributed by atoms with Crippen LogP contribution in [0.15, 0.2) is 18.2 Å².